The predicted octanol–water partition coefficient (Wildman–Crippen LogP) is 1.93. The van der Waals surface area contributed by atoms with E-state index in [2.05, 4.69) is 10.6 Å². The molecular weight excluding hydrogens is 332 g/mol. The maximum Gasteiger partial charge on any atom is 0.251 e. The molecule has 1 fully saturated rings. The second-order valence-electron chi connectivity index (χ2n) is 5.93. The fourth-order valence-electron chi connectivity index (χ4n) is 3.04. The predicted molar refractivity (Wildman–Crippen MR) is 95.7 cm³/mol. The molecule has 1 amide bonds. The lowest BCUT2D eigenvalue weighted by atomic mass is 9.98. The summed E-state index contributed by atoms with van der Waals surface area (Å²) >= 11 is 0. The van der Waals surface area contributed by atoms with Crippen molar-refractivity contribution in [2.75, 3.05) is 41.0 Å². The Balaban J connectivity index is 0.00000288. The van der Waals surface area contributed by atoms with Gasteiger partial charge in [0.05, 0.1) is 26.4 Å². The van der Waals surface area contributed by atoms with Crippen molar-refractivity contribution in [3.63, 3.8) is 0 Å². The Morgan fingerprint density at radius 2 is 1.88 bits per heavy atom. The van der Waals surface area contributed by atoms with Crippen LogP contribution in [0.2, 0.25) is 0 Å². The molecule has 1 saturated heterocycles. The van der Waals surface area contributed by atoms with Gasteiger partial charge in [-0.3, -0.25) is 4.79 Å². The number of amides is 1. The highest BCUT2D eigenvalue weighted by Crippen LogP contribution is 2.29. The molecule has 1 aromatic carbocycles. The zero-order valence-electron chi connectivity index (χ0n) is 14.7. The fourth-order valence-corrected chi connectivity index (χ4v) is 3.04. The maximum absolute atomic E-state index is 12.5. The van der Waals surface area contributed by atoms with Crippen LogP contribution < -0.4 is 20.1 Å². The number of carbonyl (C=O) groups excluding carboxylic acids is 1. The number of rotatable bonds is 7. The molecule has 1 heterocycles. The summed E-state index contributed by atoms with van der Waals surface area (Å²) in [4.78, 5) is 12.5. The Kier molecular flexibility index (Phi) is 7.79. The van der Waals surface area contributed by atoms with E-state index >= 15 is 0 Å². The molecule has 2 rings (SSSR count). The van der Waals surface area contributed by atoms with Gasteiger partial charge >= 0.3 is 0 Å². The molecule has 0 aliphatic carbocycles. The van der Waals surface area contributed by atoms with E-state index in [0.717, 1.165) is 24.9 Å². The molecule has 2 N–H and O–H groups in total. The Labute approximate surface area is 149 Å². The lowest BCUT2D eigenvalue weighted by Gasteiger charge is -2.29. The number of carbonyl (C=O) groups is 1. The minimum atomic E-state index is -0.177. The summed E-state index contributed by atoms with van der Waals surface area (Å²) < 4.78 is 15.9. The van der Waals surface area contributed by atoms with Crippen LogP contribution in [0.4, 0.5) is 0 Å². The van der Waals surface area contributed by atoms with Gasteiger partial charge in [-0.2, -0.15) is 0 Å². The number of nitrogens with one attached hydrogen (secondary N) is 2. The molecule has 1 unspecified atom stereocenters. The molecule has 0 bridgehead atoms. The smallest absolute Gasteiger partial charge is 0.251 e. The van der Waals surface area contributed by atoms with Gasteiger partial charge in [-0.15, -0.1) is 12.4 Å². The van der Waals surface area contributed by atoms with Crippen molar-refractivity contribution in [3.05, 3.63) is 23.3 Å². The average Bonchev–Trinajstić information content (AvgIpc) is 3.02. The van der Waals surface area contributed by atoms with Crippen LogP contribution in [0.1, 0.15) is 28.8 Å². The van der Waals surface area contributed by atoms with E-state index < -0.39 is 0 Å². The minimum absolute atomic E-state index is 0. The summed E-state index contributed by atoms with van der Waals surface area (Å²) in [7, 11) is 4.85. The average molecular weight is 359 g/mol. The van der Waals surface area contributed by atoms with Gasteiger partial charge in [0.25, 0.3) is 5.91 Å². The van der Waals surface area contributed by atoms with E-state index in [-0.39, 0.29) is 23.9 Å². The third kappa shape index (κ3) is 4.53. The lowest BCUT2D eigenvalue weighted by Crippen LogP contribution is -2.53. The Hall–Kier alpha value is -1.50. The van der Waals surface area contributed by atoms with E-state index in [1.807, 2.05) is 6.92 Å². The van der Waals surface area contributed by atoms with Gasteiger partial charge in [0.1, 0.15) is 11.5 Å². The van der Waals surface area contributed by atoms with Crippen LogP contribution in [-0.4, -0.2) is 52.5 Å². The second-order valence-corrected chi connectivity index (χ2v) is 5.93. The van der Waals surface area contributed by atoms with E-state index in [0.29, 0.717) is 30.2 Å². The highest BCUT2D eigenvalue weighted by molar-refractivity contribution is 5.95. The van der Waals surface area contributed by atoms with Gasteiger partial charge in [0.15, 0.2) is 0 Å². The third-order valence-corrected chi connectivity index (χ3v) is 4.35. The van der Waals surface area contributed by atoms with Gasteiger partial charge in [0.2, 0.25) is 0 Å². The van der Waals surface area contributed by atoms with Gasteiger partial charge in [-0.1, -0.05) is 0 Å². The highest BCUT2D eigenvalue weighted by atomic mass is 35.5. The van der Waals surface area contributed by atoms with Crippen molar-refractivity contribution in [2.24, 2.45) is 0 Å². The summed E-state index contributed by atoms with van der Waals surface area (Å²) in [5, 5.41) is 6.44. The number of halogens is 1. The molecule has 24 heavy (non-hydrogen) atoms. The normalized spacial score (nSPS) is 19.5. The van der Waals surface area contributed by atoms with Gasteiger partial charge in [0, 0.05) is 24.8 Å². The topological polar surface area (TPSA) is 68.8 Å². The number of benzene rings is 1. The first-order valence-corrected chi connectivity index (χ1v) is 7.80. The van der Waals surface area contributed by atoms with Crippen LogP contribution in [0.5, 0.6) is 11.5 Å². The minimum Gasteiger partial charge on any atom is -0.496 e. The largest absolute Gasteiger partial charge is 0.496 e. The van der Waals surface area contributed by atoms with Crippen LogP contribution >= 0.6 is 12.4 Å². The monoisotopic (exact) mass is 358 g/mol. The molecule has 0 spiro atoms. The molecular formula is C17H27ClN2O4. The van der Waals surface area contributed by atoms with Crippen molar-refractivity contribution in [2.45, 2.75) is 25.3 Å². The van der Waals surface area contributed by atoms with E-state index in [1.54, 1.807) is 33.5 Å². The van der Waals surface area contributed by atoms with Crippen molar-refractivity contribution < 1.29 is 19.0 Å². The van der Waals surface area contributed by atoms with E-state index in [1.165, 1.54) is 0 Å². The molecule has 0 aromatic heterocycles. The number of ether oxygens (including phenoxy) is 3. The van der Waals surface area contributed by atoms with Crippen molar-refractivity contribution >= 4 is 18.3 Å². The summed E-state index contributed by atoms with van der Waals surface area (Å²) in [5.74, 6) is 1.13. The number of methoxy groups -OCH3 is 3. The molecule has 6 nitrogen and oxygen atoms in total. The molecule has 0 radical (unpaired) electrons. The molecule has 1 aliphatic rings. The van der Waals surface area contributed by atoms with E-state index in [9.17, 15) is 4.79 Å². The molecule has 136 valence electrons. The van der Waals surface area contributed by atoms with Gasteiger partial charge < -0.3 is 24.8 Å². The third-order valence-electron chi connectivity index (χ3n) is 4.35. The molecule has 1 aromatic rings. The molecule has 7 heteroatoms. The van der Waals surface area contributed by atoms with Crippen molar-refractivity contribution in [1.29, 1.82) is 0 Å². The zero-order chi connectivity index (χ0) is 16.9. The Morgan fingerprint density at radius 1 is 1.25 bits per heavy atom. The first kappa shape index (κ1) is 20.5. The fraction of sp³-hybridized carbons (Fsp3) is 0.588. The van der Waals surface area contributed by atoms with Crippen LogP contribution in [0.15, 0.2) is 12.1 Å². The molecule has 0 saturated carbocycles. The van der Waals surface area contributed by atoms with Crippen LogP contribution in [0.25, 0.3) is 0 Å². The van der Waals surface area contributed by atoms with E-state index in [4.69, 9.17) is 14.2 Å². The first-order chi connectivity index (χ1) is 11.0. The van der Waals surface area contributed by atoms with Crippen molar-refractivity contribution in [1.82, 2.24) is 10.6 Å². The van der Waals surface area contributed by atoms with Gasteiger partial charge in [-0.05, 0) is 38.4 Å². The Bertz CT molecular complexity index is 535. The Morgan fingerprint density at radius 3 is 2.33 bits per heavy atom. The summed E-state index contributed by atoms with van der Waals surface area (Å²) in [6.07, 6.45) is 2.08. The number of hydrogen-bond donors (Lipinski definition) is 2. The van der Waals surface area contributed by atoms with Crippen LogP contribution in [0, 0.1) is 6.92 Å². The van der Waals surface area contributed by atoms with Crippen LogP contribution in [0.3, 0.4) is 0 Å². The second kappa shape index (κ2) is 9.11. The van der Waals surface area contributed by atoms with Crippen molar-refractivity contribution in [3.8, 4) is 11.5 Å². The number of hydrogen-bond acceptors (Lipinski definition) is 5. The van der Waals surface area contributed by atoms with Crippen LogP contribution in [-0.2, 0) is 4.74 Å². The quantitative estimate of drug-likeness (QED) is 0.779. The van der Waals surface area contributed by atoms with Gasteiger partial charge in [-0.25, -0.2) is 0 Å². The summed E-state index contributed by atoms with van der Waals surface area (Å²) in [6, 6.07) is 3.47. The first-order valence-electron chi connectivity index (χ1n) is 7.80. The highest BCUT2D eigenvalue weighted by Gasteiger charge is 2.33. The standard InChI is InChI=1S/C17H26N2O4.ClH/c1-12-14(22-3)8-13(9-15(12)23-4)16(20)18-10-17(11-21-2)6-5-7-19-17;/h8-9,19H,5-7,10-11H2,1-4H3,(H,18,20);1H. The molecule has 1 atom stereocenters. The molecule has 1 aliphatic heterocycles. The summed E-state index contributed by atoms with van der Waals surface area (Å²) in [5.41, 5.74) is 1.22. The lowest BCUT2D eigenvalue weighted by molar-refractivity contribution is 0.0891. The SMILES string of the molecule is COCC1(CNC(=O)c2cc(OC)c(C)c(OC)c2)CCCN1.Cl. The maximum atomic E-state index is 12.5. The summed E-state index contributed by atoms with van der Waals surface area (Å²) in [6.45, 7) is 3.95. The zero-order valence-corrected chi connectivity index (χ0v) is 15.5.